The largest absolute Gasteiger partial charge is 0.368 e. The highest BCUT2D eigenvalue weighted by molar-refractivity contribution is 5.90. The summed E-state index contributed by atoms with van der Waals surface area (Å²) in [6.07, 6.45) is 1.32. The van der Waals surface area contributed by atoms with Gasteiger partial charge in [0.1, 0.15) is 11.4 Å². The third-order valence-corrected chi connectivity index (χ3v) is 4.05. The number of halogens is 1. The van der Waals surface area contributed by atoms with Gasteiger partial charge in [0.25, 0.3) is 0 Å². The molecule has 0 heterocycles. The van der Waals surface area contributed by atoms with Crippen LogP contribution in [0.1, 0.15) is 39.7 Å². The Morgan fingerprint density at radius 2 is 2.10 bits per heavy atom. The zero-order chi connectivity index (χ0) is 15.2. The minimum Gasteiger partial charge on any atom is -0.368 e. The molecule has 1 aliphatic rings. The van der Waals surface area contributed by atoms with Crippen molar-refractivity contribution in [2.24, 2.45) is 11.1 Å². The van der Waals surface area contributed by atoms with Crippen molar-refractivity contribution in [3.63, 3.8) is 0 Å². The van der Waals surface area contributed by atoms with E-state index < -0.39 is 5.54 Å². The van der Waals surface area contributed by atoms with E-state index in [2.05, 4.69) is 5.32 Å². The molecule has 1 aromatic carbocycles. The molecule has 1 fully saturated rings. The number of benzene rings is 1. The smallest absolute Gasteiger partial charge is 0.238 e. The van der Waals surface area contributed by atoms with Crippen LogP contribution in [0.25, 0.3) is 0 Å². The van der Waals surface area contributed by atoms with E-state index in [0.29, 0.717) is 12.8 Å². The highest BCUT2D eigenvalue weighted by Gasteiger charge is 2.68. The molecule has 2 rings (SSSR count). The number of amides is 1. The lowest BCUT2D eigenvalue weighted by Gasteiger charge is -2.30. The van der Waals surface area contributed by atoms with Crippen LogP contribution in [-0.2, 0) is 11.2 Å². The van der Waals surface area contributed by atoms with Gasteiger partial charge < -0.3 is 5.73 Å². The molecule has 0 aromatic heterocycles. The van der Waals surface area contributed by atoms with Gasteiger partial charge in [-0.05, 0) is 51.3 Å². The molecule has 1 saturated carbocycles. The van der Waals surface area contributed by atoms with Gasteiger partial charge in [-0.1, -0.05) is 19.1 Å². The van der Waals surface area contributed by atoms with Crippen LogP contribution in [0.3, 0.4) is 0 Å². The average Bonchev–Trinajstić information content (AvgIpc) is 2.81. The maximum absolute atomic E-state index is 13.3. The second kappa shape index (κ2) is 4.55. The van der Waals surface area contributed by atoms with Crippen molar-refractivity contribution in [2.75, 3.05) is 0 Å². The minimum absolute atomic E-state index is 0.200. The van der Waals surface area contributed by atoms with Gasteiger partial charge in [-0.25, -0.2) is 4.39 Å². The van der Waals surface area contributed by atoms with Crippen molar-refractivity contribution >= 4 is 5.91 Å². The normalized spacial score (nSPS) is 29.2. The molecule has 0 aliphatic heterocycles. The van der Waals surface area contributed by atoms with Crippen molar-refractivity contribution < 1.29 is 9.18 Å². The Balaban J connectivity index is 2.22. The van der Waals surface area contributed by atoms with E-state index in [9.17, 15) is 9.18 Å². The topological polar surface area (TPSA) is 55.1 Å². The predicted octanol–water partition coefficient (Wildman–Crippen LogP) is 2.39. The van der Waals surface area contributed by atoms with Crippen molar-refractivity contribution in [1.82, 2.24) is 5.32 Å². The van der Waals surface area contributed by atoms with Crippen molar-refractivity contribution in [2.45, 2.75) is 51.6 Å². The molecule has 0 saturated heterocycles. The van der Waals surface area contributed by atoms with Gasteiger partial charge in [0.2, 0.25) is 5.91 Å². The van der Waals surface area contributed by atoms with Crippen LogP contribution in [0, 0.1) is 11.2 Å². The summed E-state index contributed by atoms with van der Waals surface area (Å²) >= 11 is 0. The van der Waals surface area contributed by atoms with Crippen LogP contribution in [-0.4, -0.2) is 17.0 Å². The Hall–Kier alpha value is -1.42. The Morgan fingerprint density at radius 3 is 2.60 bits per heavy atom. The summed E-state index contributed by atoms with van der Waals surface area (Å²) in [5.41, 5.74) is 5.36. The van der Waals surface area contributed by atoms with Crippen LogP contribution in [0.4, 0.5) is 4.39 Å². The first-order valence-electron chi connectivity index (χ1n) is 6.92. The minimum atomic E-state index is -0.697. The summed E-state index contributed by atoms with van der Waals surface area (Å²) in [5, 5.41) is 3.36. The second-order valence-corrected chi connectivity index (χ2v) is 7.19. The molecule has 4 heteroatoms. The average molecular weight is 278 g/mol. The van der Waals surface area contributed by atoms with Crippen molar-refractivity contribution in [1.29, 1.82) is 0 Å². The molecule has 3 nitrogen and oxygen atoms in total. The zero-order valence-electron chi connectivity index (χ0n) is 12.6. The van der Waals surface area contributed by atoms with Crippen LogP contribution >= 0.6 is 0 Å². The molecule has 0 unspecified atom stereocenters. The first kappa shape index (κ1) is 15.0. The second-order valence-electron chi connectivity index (χ2n) is 7.19. The fraction of sp³-hybridized carbons (Fsp3) is 0.562. The number of carbonyl (C=O) groups excluding carboxylic acids is 1. The highest BCUT2D eigenvalue weighted by Crippen LogP contribution is 2.58. The third kappa shape index (κ3) is 2.70. The molecule has 110 valence electrons. The number of hydrogen-bond acceptors (Lipinski definition) is 2. The molecule has 20 heavy (non-hydrogen) atoms. The Bertz CT molecular complexity index is 538. The van der Waals surface area contributed by atoms with E-state index in [1.54, 1.807) is 6.07 Å². The molecule has 1 aromatic rings. The summed E-state index contributed by atoms with van der Waals surface area (Å²) in [5.74, 6) is -0.577. The van der Waals surface area contributed by atoms with Crippen molar-refractivity contribution in [3.05, 3.63) is 35.6 Å². The van der Waals surface area contributed by atoms with Gasteiger partial charge >= 0.3 is 0 Å². The molecule has 0 radical (unpaired) electrons. The van der Waals surface area contributed by atoms with Crippen LogP contribution in [0.15, 0.2) is 24.3 Å². The Labute approximate surface area is 119 Å². The lowest BCUT2D eigenvalue weighted by molar-refractivity contribution is -0.122. The van der Waals surface area contributed by atoms with Gasteiger partial charge in [-0.3, -0.25) is 10.1 Å². The van der Waals surface area contributed by atoms with Gasteiger partial charge in [-0.15, -0.1) is 0 Å². The molecule has 0 spiro atoms. The Kier molecular flexibility index (Phi) is 3.41. The van der Waals surface area contributed by atoms with Gasteiger partial charge in [0.05, 0.1) is 0 Å². The van der Waals surface area contributed by atoms with Gasteiger partial charge in [0.15, 0.2) is 0 Å². The molecule has 0 bridgehead atoms. The maximum atomic E-state index is 13.3. The number of carbonyl (C=O) groups is 1. The molecular formula is C16H23FN2O. The molecule has 1 amide bonds. The zero-order valence-corrected chi connectivity index (χ0v) is 12.6. The lowest BCUT2D eigenvalue weighted by atomic mass is 9.91. The van der Waals surface area contributed by atoms with E-state index in [-0.39, 0.29) is 22.7 Å². The number of nitrogens with two attached hydrogens (primary N) is 1. The monoisotopic (exact) mass is 278 g/mol. The summed E-state index contributed by atoms with van der Waals surface area (Å²) < 4.78 is 13.3. The van der Waals surface area contributed by atoms with Crippen LogP contribution in [0.5, 0.6) is 0 Å². The molecule has 3 N–H and O–H groups in total. The molecule has 2 atom stereocenters. The summed E-state index contributed by atoms with van der Waals surface area (Å²) in [6.45, 7) is 8.07. The molecule has 1 aliphatic carbocycles. The Morgan fingerprint density at radius 1 is 1.45 bits per heavy atom. The van der Waals surface area contributed by atoms with E-state index in [1.165, 1.54) is 12.1 Å². The first-order chi connectivity index (χ1) is 9.08. The van der Waals surface area contributed by atoms with E-state index in [0.717, 1.165) is 5.56 Å². The first-order valence-corrected chi connectivity index (χ1v) is 6.92. The lowest BCUT2D eigenvalue weighted by Crippen LogP contribution is -2.55. The summed E-state index contributed by atoms with van der Waals surface area (Å²) in [4.78, 5) is 11.9. The van der Waals surface area contributed by atoms with E-state index in [4.69, 9.17) is 5.73 Å². The van der Waals surface area contributed by atoms with Gasteiger partial charge in [0, 0.05) is 11.0 Å². The number of hydrogen-bond donors (Lipinski definition) is 2. The number of nitrogens with one attached hydrogen (secondary N) is 1. The number of primary amides is 1. The summed E-state index contributed by atoms with van der Waals surface area (Å²) in [6, 6.07) is 6.52. The van der Waals surface area contributed by atoms with Crippen molar-refractivity contribution in [3.8, 4) is 0 Å². The predicted molar refractivity (Wildman–Crippen MR) is 77.6 cm³/mol. The standard InChI is InChI=1S/C16H23FN2O/c1-14(2,3)19-16(13(18)20)10-15(16,4)9-11-6-5-7-12(17)8-11/h5-8,19H,9-10H2,1-4H3,(H2,18,20)/t15-,16-/m1/s1. The fourth-order valence-corrected chi connectivity index (χ4v) is 3.13. The van der Waals surface area contributed by atoms with Crippen LogP contribution < -0.4 is 11.1 Å². The fourth-order valence-electron chi connectivity index (χ4n) is 3.13. The van der Waals surface area contributed by atoms with Crippen LogP contribution in [0.2, 0.25) is 0 Å². The van der Waals surface area contributed by atoms with E-state index >= 15 is 0 Å². The maximum Gasteiger partial charge on any atom is 0.238 e. The van der Waals surface area contributed by atoms with E-state index in [1.807, 2.05) is 33.8 Å². The number of rotatable bonds is 4. The molecular weight excluding hydrogens is 255 g/mol. The highest BCUT2D eigenvalue weighted by atomic mass is 19.1. The third-order valence-electron chi connectivity index (χ3n) is 4.05. The quantitative estimate of drug-likeness (QED) is 0.888. The SMILES string of the molecule is CC(C)(C)N[C@@]1(C(N)=O)C[C@@]1(C)Cc1cccc(F)c1. The van der Waals surface area contributed by atoms with Gasteiger partial charge in [-0.2, -0.15) is 0 Å². The summed E-state index contributed by atoms with van der Waals surface area (Å²) in [7, 11) is 0.